The van der Waals surface area contributed by atoms with Crippen molar-refractivity contribution in [3.05, 3.63) is 71.8 Å². The molecule has 1 heterocycles. The van der Waals surface area contributed by atoms with E-state index in [1.54, 1.807) is 30.3 Å². The summed E-state index contributed by atoms with van der Waals surface area (Å²) in [5.41, 5.74) is 0.688. The molecule has 1 aliphatic rings. The SMILES string of the molecule is O=C1C(=O)N(c2cccc3ccccc23)C(=O)N1c1ccc(Cl)cc1. The van der Waals surface area contributed by atoms with Crippen molar-refractivity contribution in [1.29, 1.82) is 0 Å². The summed E-state index contributed by atoms with van der Waals surface area (Å²) in [7, 11) is 0. The lowest BCUT2D eigenvalue weighted by molar-refractivity contribution is -0.133. The summed E-state index contributed by atoms with van der Waals surface area (Å²) >= 11 is 5.84. The molecule has 0 bridgehead atoms. The number of carbonyl (C=O) groups is 3. The Hall–Kier alpha value is -3.18. The molecule has 6 heteroatoms. The summed E-state index contributed by atoms with van der Waals surface area (Å²) in [6, 6.07) is 18.1. The molecular weight excluding hydrogens is 340 g/mol. The van der Waals surface area contributed by atoms with Crippen molar-refractivity contribution >= 4 is 51.6 Å². The van der Waals surface area contributed by atoms with Crippen LogP contribution in [-0.2, 0) is 9.59 Å². The molecule has 4 rings (SSSR count). The van der Waals surface area contributed by atoms with Crippen LogP contribution in [0.2, 0.25) is 5.02 Å². The highest BCUT2D eigenvalue weighted by Crippen LogP contribution is 2.32. The van der Waals surface area contributed by atoms with Gasteiger partial charge in [0.1, 0.15) is 0 Å². The number of urea groups is 1. The van der Waals surface area contributed by atoms with Gasteiger partial charge in [-0.1, -0.05) is 48.0 Å². The molecule has 0 saturated carbocycles. The van der Waals surface area contributed by atoms with E-state index in [1.165, 1.54) is 12.1 Å². The molecule has 0 spiro atoms. The number of hydrogen-bond acceptors (Lipinski definition) is 3. The van der Waals surface area contributed by atoms with Crippen LogP contribution in [-0.4, -0.2) is 17.8 Å². The predicted octanol–water partition coefficient (Wildman–Crippen LogP) is 3.99. The zero-order chi connectivity index (χ0) is 17.6. The van der Waals surface area contributed by atoms with Crippen molar-refractivity contribution in [2.45, 2.75) is 0 Å². The lowest BCUT2D eigenvalue weighted by atomic mass is 10.1. The Bertz CT molecular complexity index is 1030. The maximum atomic E-state index is 12.8. The summed E-state index contributed by atoms with van der Waals surface area (Å²) in [5, 5.41) is 2.07. The number of imide groups is 2. The molecular formula is C19H11ClN2O3. The Kier molecular flexibility index (Phi) is 3.51. The Balaban J connectivity index is 1.83. The Morgan fingerprint density at radius 2 is 1.32 bits per heavy atom. The first-order valence-corrected chi connectivity index (χ1v) is 7.91. The number of benzene rings is 3. The maximum Gasteiger partial charge on any atom is 0.343 e. The lowest BCUT2D eigenvalue weighted by Gasteiger charge is -2.17. The maximum absolute atomic E-state index is 12.8. The van der Waals surface area contributed by atoms with Crippen molar-refractivity contribution < 1.29 is 14.4 Å². The number of anilines is 2. The second-order valence-electron chi connectivity index (χ2n) is 5.54. The quantitative estimate of drug-likeness (QED) is 0.518. The minimum Gasteiger partial charge on any atom is -0.262 e. The fourth-order valence-corrected chi connectivity index (χ4v) is 3.02. The number of nitrogens with zero attached hydrogens (tertiary/aromatic N) is 2. The van der Waals surface area contributed by atoms with Gasteiger partial charge in [0.2, 0.25) is 0 Å². The molecule has 0 radical (unpaired) electrons. The number of hydrogen-bond donors (Lipinski definition) is 0. The fourth-order valence-electron chi connectivity index (χ4n) is 2.90. The number of rotatable bonds is 2. The van der Waals surface area contributed by atoms with Crippen LogP contribution in [0.4, 0.5) is 16.2 Å². The van der Waals surface area contributed by atoms with E-state index in [0.29, 0.717) is 16.4 Å². The van der Waals surface area contributed by atoms with Gasteiger partial charge >= 0.3 is 17.8 Å². The second-order valence-corrected chi connectivity index (χ2v) is 5.97. The molecule has 0 aliphatic carbocycles. The first-order valence-electron chi connectivity index (χ1n) is 7.54. The summed E-state index contributed by atoms with van der Waals surface area (Å²) in [5.74, 6) is -1.77. The van der Waals surface area contributed by atoms with Crippen LogP contribution in [0.25, 0.3) is 10.8 Å². The van der Waals surface area contributed by atoms with Crippen LogP contribution < -0.4 is 9.80 Å². The predicted molar refractivity (Wildman–Crippen MR) is 95.8 cm³/mol. The molecule has 122 valence electrons. The monoisotopic (exact) mass is 350 g/mol. The molecule has 25 heavy (non-hydrogen) atoms. The summed E-state index contributed by atoms with van der Waals surface area (Å²) < 4.78 is 0. The third-order valence-corrected chi connectivity index (χ3v) is 4.32. The molecule has 3 aromatic carbocycles. The lowest BCUT2D eigenvalue weighted by Crippen LogP contribution is -2.33. The Labute approximate surface area is 148 Å². The molecule has 0 atom stereocenters. The van der Waals surface area contributed by atoms with E-state index in [0.717, 1.165) is 20.6 Å². The van der Waals surface area contributed by atoms with E-state index in [-0.39, 0.29) is 0 Å². The van der Waals surface area contributed by atoms with Gasteiger partial charge in [0.15, 0.2) is 0 Å². The van der Waals surface area contributed by atoms with E-state index in [1.807, 2.05) is 24.3 Å². The molecule has 5 nitrogen and oxygen atoms in total. The highest BCUT2D eigenvalue weighted by molar-refractivity contribution is 6.60. The minimum absolute atomic E-state index is 0.301. The third-order valence-electron chi connectivity index (χ3n) is 4.06. The summed E-state index contributed by atoms with van der Waals surface area (Å²) in [4.78, 5) is 39.5. The van der Waals surface area contributed by atoms with Crippen LogP contribution in [0.3, 0.4) is 0 Å². The van der Waals surface area contributed by atoms with Gasteiger partial charge in [-0.05, 0) is 35.7 Å². The van der Waals surface area contributed by atoms with Gasteiger partial charge in [-0.2, -0.15) is 0 Å². The van der Waals surface area contributed by atoms with Gasteiger partial charge in [0, 0.05) is 10.4 Å². The van der Waals surface area contributed by atoms with Crippen LogP contribution in [0, 0.1) is 0 Å². The highest BCUT2D eigenvalue weighted by atomic mass is 35.5. The third kappa shape index (κ3) is 2.37. The van der Waals surface area contributed by atoms with Gasteiger partial charge in [-0.3, -0.25) is 9.59 Å². The number of amides is 4. The van der Waals surface area contributed by atoms with Crippen molar-refractivity contribution in [1.82, 2.24) is 0 Å². The van der Waals surface area contributed by atoms with Gasteiger partial charge in [0.05, 0.1) is 11.4 Å². The average molecular weight is 351 g/mol. The van der Waals surface area contributed by atoms with E-state index < -0.39 is 17.8 Å². The van der Waals surface area contributed by atoms with Crippen LogP contribution in [0.5, 0.6) is 0 Å². The fraction of sp³-hybridized carbons (Fsp3) is 0. The number of halogens is 1. The second kappa shape index (κ2) is 5.72. The normalized spacial score (nSPS) is 14.7. The topological polar surface area (TPSA) is 57.7 Å². The average Bonchev–Trinajstić information content (AvgIpc) is 2.85. The van der Waals surface area contributed by atoms with Crippen molar-refractivity contribution in [3.63, 3.8) is 0 Å². The molecule has 0 aromatic heterocycles. The van der Waals surface area contributed by atoms with E-state index in [2.05, 4.69) is 0 Å². The molecule has 1 aliphatic heterocycles. The number of fused-ring (bicyclic) bond motifs is 1. The first-order chi connectivity index (χ1) is 12.1. The first kappa shape index (κ1) is 15.4. The molecule has 1 fully saturated rings. The zero-order valence-electron chi connectivity index (χ0n) is 12.8. The number of carbonyl (C=O) groups excluding carboxylic acids is 3. The highest BCUT2D eigenvalue weighted by Gasteiger charge is 2.46. The Morgan fingerprint density at radius 3 is 2.08 bits per heavy atom. The van der Waals surface area contributed by atoms with Crippen LogP contribution in [0.1, 0.15) is 0 Å². The standard InChI is InChI=1S/C19H11ClN2O3/c20-13-8-10-14(11-9-13)21-17(23)18(24)22(19(21)25)16-7-3-5-12-4-1-2-6-15(12)16/h1-11H. The molecule has 4 amide bonds. The largest absolute Gasteiger partial charge is 0.343 e. The smallest absolute Gasteiger partial charge is 0.262 e. The van der Waals surface area contributed by atoms with Crippen LogP contribution in [0.15, 0.2) is 66.7 Å². The molecule has 0 unspecified atom stereocenters. The van der Waals surface area contributed by atoms with E-state index in [9.17, 15) is 14.4 Å². The summed E-state index contributed by atoms with van der Waals surface area (Å²) in [6.45, 7) is 0. The summed E-state index contributed by atoms with van der Waals surface area (Å²) in [6.07, 6.45) is 0. The minimum atomic E-state index is -0.889. The van der Waals surface area contributed by atoms with Gasteiger partial charge in [-0.25, -0.2) is 14.6 Å². The van der Waals surface area contributed by atoms with Crippen molar-refractivity contribution in [3.8, 4) is 0 Å². The van der Waals surface area contributed by atoms with Crippen LogP contribution >= 0.6 is 11.6 Å². The zero-order valence-corrected chi connectivity index (χ0v) is 13.6. The van der Waals surface area contributed by atoms with Gasteiger partial charge in [0.25, 0.3) is 0 Å². The Morgan fingerprint density at radius 1 is 0.680 bits per heavy atom. The van der Waals surface area contributed by atoms with E-state index >= 15 is 0 Å². The van der Waals surface area contributed by atoms with Crippen molar-refractivity contribution in [2.24, 2.45) is 0 Å². The molecule has 0 N–H and O–H groups in total. The molecule has 1 saturated heterocycles. The van der Waals surface area contributed by atoms with E-state index in [4.69, 9.17) is 11.6 Å². The van der Waals surface area contributed by atoms with Crippen molar-refractivity contribution in [2.75, 3.05) is 9.80 Å². The van der Waals surface area contributed by atoms with Gasteiger partial charge < -0.3 is 0 Å². The van der Waals surface area contributed by atoms with Gasteiger partial charge in [-0.15, -0.1) is 0 Å². The molecule has 3 aromatic rings.